The molecule has 0 fully saturated rings. The summed E-state index contributed by atoms with van der Waals surface area (Å²) in [6.07, 6.45) is 0. The van der Waals surface area contributed by atoms with Crippen LogP contribution in [0.1, 0.15) is 5.89 Å². The maximum atomic E-state index is 10.8. The summed E-state index contributed by atoms with van der Waals surface area (Å²) in [5, 5.41) is 12.2. The van der Waals surface area contributed by atoms with Gasteiger partial charge in [0.15, 0.2) is 5.58 Å². The van der Waals surface area contributed by atoms with Crippen LogP contribution in [0.5, 0.6) is 0 Å². The highest BCUT2D eigenvalue weighted by molar-refractivity contribution is 6.26. The minimum atomic E-state index is -0.763. The second-order valence-electron chi connectivity index (χ2n) is 3.14. The molecular formula is C11H6ClN3O3. The standard InChI is InChI=1S/C11H6ClN3O3/c12-5-10(16)18-15-8(6-13)11-14-7-3-1-2-4-9(7)17-11/h1-4H,5H2. The molecule has 0 atom stereocenters. The first-order valence-electron chi connectivity index (χ1n) is 4.84. The van der Waals surface area contributed by atoms with Crippen molar-refractivity contribution in [2.24, 2.45) is 5.16 Å². The highest BCUT2D eigenvalue weighted by Gasteiger charge is 2.13. The molecule has 0 spiro atoms. The quantitative estimate of drug-likeness (QED) is 0.365. The molecular weight excluding hydrogens is 258 g/mol. The van der Waals surface area contributed by atoms with Gasteiger partial charge in [-0.25, -0.2) is 9.78 Å². The third kappa shape index (κ3) is 2.47. The summed E-state index contributed by atoms with van der Waals surface area (Å²) in [4.78, 5) is 19.2. The number of carbonyl (C=O) groups excluding carboxylic acids is 1. The number of hydrogen-bond donors (Lipinski definition) is 0. The van der Waals surface area contributed by atoms with Crippen LogP contribution in [0.3, 0.4) is 0 Å². The Labute approximate surface area is 106 Å². The van der Waals surface area contributed by atoms with Gasteiger partial charge < -0.3 is 9.25 Å². The van der Waals surface area contributed by atoms with E-state index >= 15 is 0 Å². The molecule has 1 aromatic heterocycles. The number of para-hydroxylation sites is 2. The van der Waals surface area contributed by atoms with Gasteiger partial charge in [-0.15, -0.1) is 11.6 Å². The van der Waals surface area contributed by atoms with Crippen molar-refractivity contribution >= 4 is 34.4 Å². The van der Waals surface area contributed by atoms with Gasteiger partial charge in [0, 0.05) is 0 Å². The van der Waals surface area contributed by atoms with Crippen LogP contribution in [0, 0.1) is 11.3 Å². The number of carbonyl (C=O) groups is 1. The van der Waals surface area contributed by atoms with Crippen molar-refractivity contribution in [3.63, 3.8) is 0 Å². The molecule has 0 bridgehead atoms. The van der Waals surface area contributed by atoms with Crippen LogP contribution < -0.4 is 0 Å². The Balaban J connectivity index is 2.33. The number of nitrogens with zero attached hydrogens (tertiary/aromatic N) is 3. The van der Waals surface area contributed by atoms with Gasteiger partial charge in [0.25, 0.3) is 5.89 Å². The highest BCUT2D eigenvalue weighted by atomic mass is 35.5. The lowest BCUT2D eigenvalue weighted by Gasteiger charge is -1.92. The fourth-order valence-electron chi connectivity index (χ4n) is 1.20. The van der Waals surface area contributed by atoms with Gasteiger partial charge in [0.05, 0.1) is 0 Å². The van der Waals surface area contributed by atoms with E-state index in [1.807, 2.05) is 0 Å². The zero-order valence-electron chi connectivity index (χ0n) is 8.96. The molecule has 2 aromatic rings. The van der Waals surface area contributed by atoms with Gasteiger partial charge in [-0.2, -0.15) is 5.26 Å². The third-order valence-electron chi connectivity index (χ3n) is 1.95. The van der Waals surface area contributed by atoms with Crippen LogP contribution >= 0.6 is 11.6 Å². The molecule has 18 heavy (non-hydrogen) atoms. The zero-order valence-corrected chi connectivity index (χ0v) is 9.72. The average Bonchev–Trinajstić information content (AvgIpc) is 2.82. The first-order valence-corrected chi connectivity index (χ1v) is 5.38. The van der Waals surface area contributed by atoms with Gasteiger partial charge in [-0.3, -0.25) is 0 Å². The van der Waals surface area contributed by atoms with Crippen LogP contribution in [-0.2, 0) is 9.63 Å². The first-order chi connectivity index (χ1) is 8.74. The van der Waals surface area contributed by atoms with E-state index in [2.05, 4.69) is 15.0 Å². The molecule has 0 radical (unpaired) electrons. The van der Waals surface area contributed by atoms with Gasteiger partial charge in [-0.1, -0.05) is 17.3 Å². The molecule has 0 amide bonds. The van der Waals surface area contributed by atoms with Gasteiger partial charge >= 0.3 is 5.97 Å². The number of oxime groups is 1. The molecule has 2 rings (SSSR count). The summed E-state index contributed by atoms with van der Waals surface area (Å²) in [6.45, 7) is 0. The van der Waals surface area contributed by atoms with Crippen molar-refractivity contribution in [3.8, 4) is 6.07 Å². The molecule has 7 heteroatoms. The fourth-order valence-corrected chi connectivity index (χ4v) is 1.25. The number of fused-ring (bicyclic) bond motifs is 1. The molecule has 0 aliphatic carbocycles. The molecule has 0 unspecified atom stereocenters. The van der Waals surface area contributed by atoms with E-state index in [1.165, 1.54) is 0 Å². The predicted octanol–water partition coefficient (Wildman–Crippen LogP) is 1.84. The first kappa shape index (κ1) is 12.1. The minimum absolute atomic E-state index is 0.0129. The van der Waals surface area contributed by atoms with Gasteiger partial charge in [0.1, 0.15) is 17.5 Å². The van der Waals surface area contributed by atoms with Crippen molar-refractivity contribution < 1.29 is 14.0 Å². The third-order valence-corrected chi connectivity index (χ3v) is 2.17. The number of nitriles is 1. The molecule has 0 saturated carbocycles. The Hall–Kier alpha value is -2.39. The second-order valence-corrected chi connectivity index (χ2v) is 3.40. The van der Waals surface area contributed by atoms with E-state index in [4.69, 9.17) is 21.3 Å². The Kier molecular flexibility index (Phi) is 3.55. The van der Waals surface area contributed by atoms with Crippen LogP contribution in [0.4, 0.5) is 0 Å². The predicted molar refractivity (Wildman–Crippen MR) is 63.0 cm³/mol. The summed E-state index contributed by atoms with van der Waals surface area (Å²) >= 11 is 5.22. The summed E-state index contributed by atoms with van der Waals surface area (Å²) in [5.41, 5.74) is 0.864. The number of hydrogen-bond acceptors (Lipinski definition) is 6. The van der Waals surface area contributed by atoms with Crippen LogP contribution in [0.2, 0.25) is 0 Å². The number of alkyl halides is 1. The number of oxazole rings is 1. The fraction of sp³-hybridized carbons (Fsp3) is 0.0909. The lowest BCUT2D eigenvalue weighted by molar-refractivity contribution is -0.140. The van der Waals surface area contributed by atoms with Crippen molar-refractivity contribution in [2.75, 3.05) is 5.88 Å². The normalized spacial score (nSPS) is 11.2. The van der Waals surface area contributed by atoms with Crippen molar-refractivity contribution in [3.05, 3.63) is 30.2 Å². The van der Waals surface area contributed by atoms with Gasteiger partial charge in [-0.05, 0) is 12.1 Å². The van der Waals surface area contributed by atoms with Crippen LogP contribution in [-0.4, -0.2) is 22.5 Å². The molecule has 1 heterocycles. The molecule has 0 N–H and O–H groups in total. The van der Waals surface area contributed by atoms with E-state index in [0.29, 0.717) is 11.1 Å². The smallest absolute Gasteiger partial charge is 0.349 e. The summed E-state index contributed by atoms with van der Waals surface area (Å²) in [6, 6.07) is 8.71. The Morgan fingerprint density at radius 1 is 1.56 bits per heavy atom. The Morgan fingerprint density at radius 3 is 3.00 bits per heavy atom. The topological polar surface area (TPSA) is 88.5 Å². The average molecular weight is 264 g/mol. The molecule has 1 aromatic carbocycles. The van der Waals surface area contributed by atoms with Crippen molar-refractivity contribution in [1.29, 1.82) is 5.26 Å². The van der Waals surface area contributed by atoms with E-state index in [1.54, 1.807) is 30.3 Å². The van der Waals surface area contributed by atoms with Crippen molar-refractivity contribution in [2.45, 2.75) is 0 Å². The monoisotopic (exact) mass is 263 g/mol. The largest absolute Gasteiger partial charge is 0.434 e. The Bertz CT molecular complexity index is 624. The summed E-state index contributed by atoms with van der Waals surface area (Å²) < 4.78 is 5.30. The number of halogens is 1. The number of aromatic nitrogens is 1. The summed E-state index contributed by atoms with van der Waals surface area (Å²) in [7, 11) is 0. The lowest BCUT2D eigenvalue weighted by atomic mass is 10.3. The highest BCUT2D eigenvalue weighted by Crippen LogP contribution is 2.15. The zero-order chi connectivity index (χ0) is 13.0. The Morgan fingerprint density at radius 2 is 2.33 bits per heavy atom. The van der Waals surface area contributed by atoms with E-state index in [0.717, 1.165) is 0 Å². The van der Waals surface area contributed by atoms with E-state index in [-0.39, 0.29) is 17.5 Å². The molecule has 90 valence electrons. The minimum Gasteiger partial charge on any atom is -0.434 e. The SMILES string of the molecule is N#CC(=NOC(=O)CCl)c1nc2ccccc2o1. The number of rotatable bonds is 3. The van der Waals surface area contributed by atoms with E-state index < -0.39 is 5.97 Å². The van der Waals surface area contributed by atoms with Crippen molar-refractivity contribution in [1.82, 2.24) is 4.98 Å². The maximum absolute atomic E-state index is 10.8. The molecule has 0 aliphatic rings. The van der Waals surface area contributed by atoms with Crippen LogP contribution in [0.25, 0.3) is 11.1 Å². The maximum Gasteiger partial charge on any atom is 0.349 e. The summed E-state index contributed by atoms with van der Waals surface area (Å²) in [5.74, 6) is -1.13. The molecule has 0 aliphatic heterocycles. The van der Waals surface area contributed by atoms with E-state index in [9.17, 15) is 4.79 Å². The lowest BCUT2D eigenvalue weighted by Crippen LogP contribution is -2.05. The second kappa shape index (κ2) is 5.29. The number of benzene rings is 1. The van der Waals surface area contributed by atoms with Crippen LogP contribution in [0.15, 0.2) is 33.8 Å². The molecule has 6 nitrogen and oxygen atoms in total. The molecule has 0 saturated heterocycles. The van der Waals surface area contributed by atoms with Gasteiger partial charge in [0.2, 0.25) is 5.71 Å².